The van der Waals surface area contributed by atoms with Crippen LogP contribution in [-0.2, 0) is 9.47 Å². The molecule has 1 aromatic carbocycles. The Kier molecular flexibility index (Phi) is 5.36. The van der Waals surface area contributed by atoms with Crippen molar-refractivity contribution in [3.63, 3.8) is 0 Å². The SMILES string of the molecule is O=C1OCCN1c1ccc(C(=O)N(C[C@@H]2CCCO2)[C@@H]2CCSC2)cc1. The molecule has 0 saturated carbocycles. The second-order valence-corrected chi connectivity index (χ2v) is 8.07. The van der Waals surface area contributed by atoms with Gasteiger partial charge in [-0.05, 0) is 49.3 Å². The summed E-state index contributed by atoms with van der Waals surface area (Å²) in [4.78, 5) is 28.5. The maximum atomic E-state index is 13.2. The summed E-state index contributed by atoms with van der Waals surface area (Å²) in [7, 11) is 0. The van der Waals surface area contributed by atoms with E-state index in [9.17, 15) is 9.59 Å². The third-order valence-corrected chi connectivity index (χ3v) is 6.36. The van der Waals surface area contributed by atoms with E-state index in [0.717, 1.165) is 43.1 Å². The molecule has 0 aliphatic carbocycles. The molecule has 6 nitrogen and oxygen atoms in total. The molecule has 0 N–H and O–H groups in total. The molecular weight excluding hydrogens is 352 g/mol. The molecule has 1 aromatic rings. The number of carbonyl (C=O) groups is 2. The van der Waals surface area contributed by atoms with E-state index in [1.54, 1.807) is 4.90 Å². The molecule has 7 heteroatoms. The highest BCUT2D eigenvalue weighted by Crippen LogP contribution is 2.27. The first kappa shape index (κ1) is 17.7. The summed E-state index contributed by atoms with van der Waals surface area (Å²) in [5.41, 5.74) is 1.43. The van der Waals surface area contributed by atoms with Crippen LogP contribution in [0.2, 0.25) is 0 Å². The van der Waals surface area contributed by atoms with E-state index in [1.165, 1.54) is 0 Å². The Balaban J connectivity index is 1.49. The largest absolute Gasteiger partial charge is 0.447 e. The van der Waals surface area contributed by atoms with Crippen molar-refractivity contribution < 1.29 is 19.1 Å². The highest BCUT2D eigenvalue weighted by atomic mass is 32.2. The van der Waals surface area contributed by atoms with E-state index in [0.29, 0.717) is 25.3 Å². The second-order valence-electron chi connectivity index (χ2n) is 6.92. The van der Waals surface area contributed by atoms with Gasteiger partial charge in [0.1, 0.15) is 6.61 Å². The fraction of sp³-hybridized carbons (Fsp3) is 0.579. The minimum Gasteiger partial charge on any atom is -0.447 e. The van der Waals surface area contributed by atoms with Gasteiger partial charge < -0.3 is 14.4 Å². The number of amides is 2. The summed E-state index contributed by atoms with van der Waals surface area (Å²) in [5.74, 6) is 2.16. The zero-order valence-electron chi connectivity index (χ0n) is 14.8. The molecule has 3 aliphatic heterocycles. The van der Waals surface area contributed by atoms with Gasteiger partial charge in [-0.25, -0.2) is 4.79 Å². The molecule has 4 rings (SSSR count). The molecule has 3 saturated heterocycles. The summed E-state index contributed by atoms with van der Waals surface area (Å²) < 4.78 is 10.7. The zero-order chi connectivity index (χ0) is 17.9. The Labute approximate surface area is 157 Å². The number of nitrogens with zero attached hydrogens (tertiary/aromatic N) is 2. The van der Waals surface area contributed by atoms with Crippen LogP contribution in [0.25, 0.3) is 0 Å². The predicted molar refractivity (Wildman–Crippen MR) is 101 cm³/mol. The smallest absolute Gasteiger partial charge is 0.414 e. The van der Waals surface area contributed by atoms with Gasteiger partial charge in [-0.15, -0.1) is 0 Å². The first-order valence-electron chi connectivity index (χ1n) is 9.27. The van der Waals surface area contributed by atoms with Crippen molar-refractivity contribution in [3.05, 3.63) is 29.8 Å². The first-order valence-corrected chi connectivity index (χ1v) is 10.4. The summed E-state index contributed by atoms with van der Waals surface area (Å²) in [5, 5.41) is 0. The molecule has 2 atom stereocenters. The Bertz CT molecular complexity index is 654. The second kappa shape index (κ2) is 7.88. The molecular formula is C19H24N2O4S. The standard InChI is InChI=1S/C19H24N2O4S/c22-18(14-3-5-15(6-4-14)20-8-10-25-19(20)23)21(16-7-11-26-13-16)12-17-2-1-9-24-17/h3-6,16-17H,1-2,7-13H2/t16-,17+/m1/s1. The summed E-state index contributed by atoms with van der Waals surface area (Å²) >= 11 is 1.91. The topological polar surface area (TPSA) is 59.1 Å². The zero-order valence-corrected chi connectivity index (χ0v) is 15.6. The van der Waals surface area contributed by atoms with Crippen LogP contribution in [0.1, 0.15) is 29.6 Å². The van der Waals surface area contributed by atoms with Gasteiger partial charge in [0.05, 0.1) is 12.6 Å². The molecule has 26 heavy (non-hydrogen) atoms. The minimum absolute atomic E-state index is 0.0588. The normalized spacial score (nSPS) is 25.5. The van der Waals surface area contributed by atoms with Gasteiger partial charge in [0, 0.05) is 36.2 Å². The Morgan fingerprint density at radius 3 is 2.69 bits per heavy atom. The molecule has 3 heterocycles. The Hall–Kier alpha value is -1.73. The van der Waals surface area contributed by atoms with Crippen molar-refractivity contribution in [3.8, 4) is 0 Å². The molecule has 140 valence electrons. The number of benzene rings is 1. The number of ether oxygens (including phenoxy) is 2. The molecule has 0 unspecified atom stereocenters. The van der Waals surface area contributed by atoms with Gasteiger partial charge in [0.2, 0.25) is 0 Å². The fourth-order valence-electron chi connectivity index (χ4n) is 3.75. The quantitative estimate of drug-likeness (QED) is 0.791. The maximum Gasteiger partial charge on any atom is 0.414 e. The Morgan fingerprint density at radius 1 is 1.23 bits per heavy atom. The van der Waals surface area contributed by atoms with Gasteiger partial charge in [0.15, 0.2) is 0 Å². The molecule has 0 spiro atoms. The molecule has 3 fully saturated rings. The van der Waals surface area contributed by atoms with Crippen molar-refractivity contribution in [2.24, 2.45) is 0 Å². The molecule has 2 amide bonds. The molecule has 0 bridgehead atoms. The molecule has 0 radical (unpaired) electrons. The van der Waals surface area contributed by atoms with E-state index in [-0.39, 0.29) is 24.1 Å². The lowest BCUT2D eigenvalue weighted by Gasteiger charge is -2.31. The van der Waals surface area contributed by atoms with Crippen LogP contribution >= 0.6 is 11.8 Å². The van der Waals surface area contributed by atoms with Gasteiger partial charge in [-0.2, -0.15) is 11.8 Å². The molecule has 0 aromatic heterocycles. The number of cyclic esters (lactones) is 1. The third kappa shape index (κ3) is 3.69. The predicted octanol–water partition coefficient (Wildman–Crippen LogP) is 2.77. The van der Waals surface area contributed by atoms with Crippen molar-refractivity contribution in [1.29, 1.82) is 0 Å². The van der Waals surface area contributed by atoms with Crippen molar-refractivity contribution in [2.45, 2.75) is 31.4 Å². The summed E-state index contributed by atoms with van der Waals surface area (Å²) in [6.07, 6.45) is 2.98. The van der Waals surface area contributed by atoms with Gasteiger partial charge in [-0.1, -0.05) is 0 Å². The number of hydrogen-bond acceptors (Lipinski definition) is 5. The lowest BCUT2D eigenvalue weighted by molar-refractivity contribution is 0.0442. The number of rotatable bonds is 5. The van der Waals surface area contributed by atoms with Crippen LogP contribution in [0.15, 0.2) is 24.3 Å². The van der Waals surface area contributed by atoms with Crippen LogP contribution in [0.4, 0.5) is 10.5 Å². The van der Waals surface area contributed by atoms with Crippen molar-refractivity contribution >= 4 is 29.4 Å². The highest BCUT2D eigenvalue weighted by molar-refractivity contribution is 7.99. The van der Waals surface area contributed by atoms with E-state index in [2.05, 4.69) is 0 Å². The van der Waals surface area contributed by atoms with Gasteiger partial charge in [-0.3, -0.25) is 9.69 Å². The maximum absolute atomic E-state index is 13.2. The van der Waals surface area contributed by atoms with Gasteiger partial charge in [0.25, 0.3) is 5.91 Å². The Morgan fingerprint density at radius 2 is 2.08 bits per heavy atom. The van der Waals surface area contributed by atoms with Crippen LogP contribution < -0.4 is 4.90 Å². The first-order chi connectivity index (χ1) is 12.7. The van der Waals surface area contributed by atoms with E-state index in [4.69, 9.17) is 9.47 Å². The van der Waals surface area contributed by atoms with Crippen molar-refractivity contribution in [1.82, 2.24) is 4.90 Å². The lowest BCUT2D eigenvalue weighted by atomic mass is 10.1. The van der Waals surface area contributed by atoms with E-state index < -0.39 is 0 Å². The number of carbonyl (C=O) groups excluding carboxylic acids is 2. The number of hydrogen-bond donors (Lipinski definition) is 0. The monoisotopic (exact) mass is 376 g/mol. The highest BCUT2D eigenvalue weighted by Gasteiger charge is 2.31. The summed E-state index contributed by atoms with van der Waals surface area (Å²) in [6, 6.07) is 7.56. The van der Waals surface area contributed by atoms with Gasteiger partial charge >= 0.3 is 6.09 Å². The van der Waals surface area contributed by atoms with Crippen molar-refractivity contribution in [2.75, 3.05) is 42.7 Å². The summed E-state index contributed by atoms with van der Waals surface area (Å²) in [6.45, 7) is 2.43. The van der Waals surface area contributed by atoms with Crippen LogP contribution in [0.5, 0.6) is 0 Å². The third-order valence-electron chi connectivity index (χ3n) is 5.22. The minimum atomic E-state index is -0.327. The van der Waals surface area contributed by atoms with E-state index >= 15 is 0 Å². The van der Waals surface area contributed by atoms with E-state index in [1.807, 2.05) is 40.9 Å². The number of thioether (sulfide) groups is 1. The lowest BCUT2D eigenvalue weighted by Crippen LogP contribution is -2.44. The van der Waals surface area contributed by atoms with Crippen LogP contribution in [-0.4, -0.2) is 66.9 Å². The van der Waals surface area contributed by atoms with Crippen LogP contribution in [0, 0.1) is 0 Å². The number of anilines is 1. The molecule has 3 aliphatic rings. The van der Waals surface area contributed by atoms with Crippen LogP contribution in [0.3, 0.4) is 0 Å². The fourth-order valence-corrected chi connectivity index (χ4v) is 4.98. The average Bonchev–Trinajstić information content (AvgIpc) is 3.42. The average molecular weight is 376 g/mol.